The predicted molar refractivity (Wildman–Crippen MR) is 73.1 cm³/mol. The molecule has 2 rings (SSSR count). The highest BCUT2D eigenvalue weighted by Gasteiger charge is 2.10. The zero-order valence-corrected chi connectivity index (χ0v) is 11.1. The minimum Gasteiger partial charge on any atom is -0.305 e. The van der Waals surface area contributed by atoms with Crippen LogP contribution in [0.1, 0.15) is 35.5 Å². The molecule has 1 unspecified atom stereocenters. The van der Waals surface area contributed by atoms with Crippen LogP contribution in [0.15, 0.2) is 35.8 Å². The fraction of sp³-hybridized carbons (Fsp3) is 0.286. The molecule has 0 fully saturated rings. The molecule has 1 N–H and O–H groups in total. The topological polar surface area (TPSA) is 48.7 Å². The minimum atomic E-state index is 0.344. The number of pyridine rings is 1. The Kier molecular flexibility index (Phi) is 4.46. The van der Waals surface area contributed by atoms with Gasteiger partial charge in [0.2, 0.25) is 0 Å². The van der Waals surface area contributed by atoms with Crippen molar-refractivity contribution in [1.82, 2.24) is 10.3 Å². The van der Waals surface area contributed by atoms with Crippen LogP contribution in [0, 0.1) is 11.3 Å². The van der Waals surface area contributed by atoms with E-state index in [1.807, 2.05) is 12.1 Å². The summed E-state index contributed by atoms with van der Waals surface area (Å²) in [5.74, 6) is 0. The summed E-state index contributed by atoms with van der Waals surface area (Å²) >= 11 is 1.76. The smallest absolute Gasteiger partial charge is 0.144 e. The van der Waals surface area contributed by atoms with Gasteiger partial charge in [-0.05, 0) is 23.9 Å². The molecule has 2 aromatic heterocycles. The van der Waals surface area contributed by atoms with Crippen LogP contribution in [0.5, 0.6) is 0 Å². The first-order chi connectivity index (χ1) is 8.85. The monoisotopic (exact) mass is 257 g/mol. The zero-order valence-electron chi connectivity index (χ0n) is 10.3. The van der Waals surface area contributed by atoms with E-state index in [1.165, 1.54) is 4.88 Å². The lowest BCUT2D eigenvalue weighted by Crippen LogP contribution is -2.20. The highest BCUT2D eigenvalue weighted by molar-refractivity contribution is 7.10. The summed E-state index contributed by atoms with van der Waals surface area (Å²) < 4.78 is 0. The Bertz CT molecular complexity index is 528. The van der Waals surface area contributed by atoms with Crippen molar-refractivity contribution in [3.63, 3.8) is 0 Å². The van der Waals surface area contributed by atoms with Crippen molar-refractivity contribution in [2.24, 2.45) is 0 Å². The van der Waals surface area contributed by atoms with E-state index in [9.17, 15) is 0 Å². The third-order valence-corrected chi connectivity index (χ3v) is 3.82. The summed E-state index contributed by atoms with van der Waals surface area (Å²) in [6, 6.07) is 10.5. The second kappa shape index (κ2) is 6.29. The molecule has 2 heterocycles. The molecule has 1 atom stereocenters. The zero-order chi connectivity index (χ0) is 12.8. The van der Waals surface area contributed by atoms with Crippen molar-refractivity contribution in [3.8, 4) is 6.07 Å². The molecule has 0 bridgehead atoms. The van der Waals surface area contributed by atoms with Gasteiger partial charge >= 0.3 is 0 Å². The summed E-state index contributed by atoms with van der Waals surface area (Å²) in [4.78, 5) is 5.40. The molecule has 0 aliphatic heterocycles. The molecule has 4 heteroatoms. The molecule has 0 saturated carbocycles. The summed E-state index contributed by atoms with van der Waals surface area (Å²) in [5, 5.41) is 14.6. The van der Waals surface area contributed by atoms with Crippen LogP contribution in [0.25, 0.3) is 0 Å². The number of hydrogen-bond donors (Lipinski definition) is 1. The van der Waals surface area contributed by atoms with Crippen molar-refractivity contribution < 1.29 is 0 Å². The number of nitrogens with one attached hydrogen (secondary N) is 1. The van der Waals surface area contributed by atoms with E-state index in [0.717, 1.165) is 12.0 Å². The fourth-order valence-corrected chi connectivity index (χ4v) is 2.74. The van der Waals surface area contributed by atoms with Crippen LogP contribution >= 0.6 is 11.3 Å². The average molecular weight is 257 g/mol. The van der Waals surface area contributed by atoms with Gasteiger partial charge in [0.05, 0.1) is 0 Å². The maximum atomic E-state index is 8.99. The van der Waals surface area contributed by atoms with Crippen molar-refractivity contribution in [2.75, 3.05) is 0 Å². The van der Waals surface area contributed by atoms with E-state index in [-0.39, 0.29) is 0 Å². The first-order valence-electron chi connectivity index (χ1n) is 5.96. The van der Waals surface area contributed by atoms with E-state index in [1.54, 1.807) is 17.5 Å². The van der Waals surface area contributed by atoms with E-state index in [4.69, 9.17) is 5.26 Å². The van der Waals surface area contributed by atoms with Gasteiger partial charge in [-0.3, -0.25) is 0 Å². The largest absolute Gasteiger partial charge is 0.305 e. The number of thiophene rings is 1. The summed E-state index contributed by atoms with van der Waals surface area (Å²) in [5.41, 5.74) is 1.46. The van der Waals surface area contributed by atoms with Gasteiger partial charge in [-0.15, -0.1) is 11.3 Å². The van der Waals surface area contributed by atoms with E-state index >= 15 is 0 Å². The summed E-state index contributed by atoms with van der Waals surface area (Å²) in [7, 11) is 0. The van der Waals surface area contributed by atoms with Crippen molar-refractivity contribution in [2.45, 2.75) is 25.9 Å². The number of aromatic nitrogens is 1. The highest BCUT2D eigenvalue weighted by atomic mass is 32.1. The van der Waals surface area contributed by atoms with E-state index in [0.29, 0.717) is 18.3 Å². The average Bonchev–Trinajstić information content (AvgIpc) is 2.94. The summed E-state index contributed by atoms with van der Waals surface area (Å²) in [6.45, 7) is 2.83. The van der Waals surface area contributed by atoms with Crippen molar-refractivity contribution >= 4 is 11.3 Å². The SMILES string of the molecule is CCC(NCc1cccnc1C#N)c1cccs1. The van der Waals surface area contributed by atoms with E-state index in [2.05, 4.69) is 40.8 Å². The fourth-order valence-electron chi connectivity index (χ4n) is 1.85. The van der Waals surface area contributed by atoms with Crippen LogP contribution in [0.3, 0.4) is 0 Å². The van der Waals surface area contributed by atoms with E-state index < -0.39 is 0 Å². The van der Waals surface area contributed by atoms with Crippen LogP contribution in [0.4, 0.5) is 0 Å². The third-order valence-electron chi connectivity index (χ3n) is 2.83. The Morgan fingerprint density at radius 2 is 2.33 bits per heavy atom. The van der Waals surface area contributed by atoms with Gasteiger partial charge in [0, 0.05) is 29.2 Å². The van der Waals surface area contributed by atoms with Gasteiger partial charge in [-0.25, -0.2) is 4.98 Å². The third kappa shape index (κ3) is 2.95. The van der Waals surface area contributed by atoms with Crippen LogP contribution < -0.4 is 5.32 Å². The van der Waals surface area contributed by atoms with Crippen LogP contribution in [-0.4, -0.2) is 4.98 Å². The molecular formula is C14H15N3S. The Hall–Kier alpha value is -1.70. The summed E-state index contributed by atoms with van der Waals surface area (Å²) in [6.07, 6.45) is 2.68. The van der Waals surface area contributed by atoms with Gasteiger partial charge < -0.3 is 5.32 Å². The molecule has 0 radical (unpaired) electrons. The molecular weight excluding hydrogens is 242 g/mol. The first kappa shape index (κ1) is 12.7. The van der Waals surface area contributed by atoms with Gasteiger partial charge in [0.15, 0.2) is 0 Å². The second-order valence-electron chi connectivity index (χ2n) is 3.98. The van der Waals surface area contributed by atoms with Crippen molar-refractivity contribution in [3.05, 3.63) is 52.0 Å². The van der Waals surface area contributed by atoms with Gasteiger partial charge in [-0.2, -0.15) is 5.26 Å². The first-order valence-corrected chi connectivity index (χ1v) is 6.84. The maximum Gasteiger partial charge on any atom is 0.144 e. The maximum absolute atomic E-state index is 8.99. The molecule has 2 aromatic rings. The molecule has 3 nitrogen and oxygen atoms in total. The van der Waals surface area contributed by atoms with Gasteiger partial charge in [-0.1, -0.05) is 19.1 Å². The Labute approximate surface area is 111 Å². The molecule has 0 aliphatic carbocycles. The van der Waals surface area contributed by atoms with Crippen LogP contribution in [-0.2, 0) is 6.54 Å². The number of nitrogens with zero attached hydrogens (tertiary/aromatic N) is 2. The predicted octanol–water partition coefficient (Wildman–Crippen LogP) is 3.26. The van der Waals surface area contributed by atoms with Crippen molar-refractivity contribution in [1.29, 1.82) is 5.26 Å². The highest BCUT2D eigenvalue weighted by Crippen LogP contribution is 2.22. The quantitative estimate of drug-likeness (QED) is 0.894. The molecule has 0 aliphatic rings. The second-order valence-corrected chi connectivity index (χ2v) is 4.96. The molecule has 0 spiro atoms. The lowest BCUT2D eigenvalue weighted by molar-refractivity contribution is 0.525. The van der Waals surface area contributed by atoms with Gasteiger partial charge in [0.25, 0.3) is 0 Å². The molecule has 92 valence electrons. The Morgan fingerprint density at radius 1 is 1.44 bits per heavy atom. The number of hydrogen-bond acceptors (Lipinski definition) is 4. The normalized spacial score (nSPS) is 12.0. The number of rotatable bonds is 5. The Balaban J connectivity index is 2.05. The minimum absolute atomic E-state index is 0.344. The molecule has 0 amide bonds. The molecule has 0 aromatic carbocycles. The van der Waals surface area contributed by atoms with Crippen LogP contribution in [0.2, 0.25) is 0 Å². The standard InChI is InChI=1S/C14H15N3S/c1-2-12(14-6-4-8-18-14)17-10-11-5-3-7-16-13(11)9-15/h3-8,12,17H,2,10H2,1H3. The lowest BCUT2D eigenvalue weighted by atomic mass is 10.1. The van der Waals surface area contributed by atoms with Gasteiger partial charge in [0.1, 0.15) is 11.8 Å². The lowest BCUT2D eigenvalue weighted by Gasteiger charge is -2.15. The number of nitriles is 1. The molecule has 18 heavy (non-hydrogen) atoms. The Morgan fingerprint density at radius 3 is 3.00 bits per heavy atom. The molecule has 0 saturated heterocycles.